The normalized spacial score (nSPS) is 10.5. The molecular formula is C7H12N4O2. The van der Waals surface area contributed by atoms with Gasteiger partial charge in [-0.2, -0.15) is 0 Å². The molecule has 0 unspecified atom stereocenters. The monoisotopic (exact) mass is 184 g/mol. The Morgan fingerprint density at radius 3 is 2.54 bits per heavy atom. The SMILES string of the molecule is CC(C)Nc1nnc(C(=O)O)n1C. The number of carboxylic acid groups (broad SMARTS) is 1. The second-order valence-corrected chi connectivity index (χ2v) is 3.01. The Balaban J connectivity index is 2.93. The predicted molar refractivity (Wildman–Crippen MR) is 46.7 cm³/mol. The van der Waals surface area contributed by atoms with Gasteiger partial charge in [0, 0.05) is 13.1 Å². The molecule has 1 rings (SSSR count). The summed E-state index contributed by atoms with van der Waals surface area (Å²) in [5, 5.41) is 18.9. The molecule has 0 fully saturated rings. The van der Waals surface area contributed by atoms with E-state index in [9.17, 15) is 4.79 Å². The van der Waals surface area contributed by atoms with Gasteiger partial charge in [0.15, 0.2) is 0 Å². The van der Waals surface area contributed by atoms with E-state index in [0.29, 0.717) is 5.95 Å². The zero-order valence-electron chi connectivity index (χ0n) is 7.77. The molecule has 0 aliphatic carbocycles. The first-order chi connectivity index (χ1) is 6.02. The number of aromatic carboxylic acids is 1. The van der Waals surface area contributed by atoms with Gasteiger partial charge in [0.1, 0.15) is 0 Å². The van der Waals surface area contributed by atoms with Gasteiger partial charge in [0.2, 0.25) is 11.8 Å². The summed E-state index contributed by atoms with van der Waals surface area (Å²) in [4.78, 5) is 10.6. The average molecular weight is 184 g/mol. The van der Waals surface area contributed by atoms with E-state index in [1.165, 1.54) is 4.57 Å². The van der Waals surface area contributed by atoms with Crippen LogP contribution in [0.2, 0.25) is 0 Å². The van der Waals surface area contributed by atoms with Crippen molar-refractivity contribution in [2.45, 2.75) is 19.9 Å². The highest BCUT2D eigenvalue weighted by Crippen LogP contribution is 2.05. The Kier molecular flexibility index (Phi) is 2.50. The Labute approximate surface area is 75.6 Å². The van der Waals surface area contributed by atoms with Crippen LogP contribution in [0.5, 0.6) is 0 Å². The van der Waals surface area contributed by atoms with Crippen molar-refractivity contribution in [3.63, 3.8) is 0 Å². The van der Waals surface area contributed by atoms with Gasteiger partial charge in [-0.1, -0.05) is 0 Å². The summed E-state index contributed by atoms with van der Waals surface area (Å²) >= 11 is 0. The minimum Gasteiger partial charge on any atom is -0.475 e. The van der Waals surface area contributed by atoms with Crippen molar-refractivity contribution in [3.8, 4) is 0 Å². The van der Waals surface area contributed by atoms with Crippen molar-refractivity contribution >= 4 is 11.9 Å². The highest BCUT2D eigenvalue weighted by molar-refractivity contribution is 5.83. The van der Waals surface area contributed by atoms with Crippen LogP contribution in [0.4, 0.5) is 5.95 Å². The Morgan fingerprint density at radius 1 is 1.54 bits per heavy atom. The molecule has 0 radical (unpaired) electrons. The molecule has 1 aromatic heterocycles. The van der Waals surface area contributed by atoms with Crippen LogP contribution in [0.15, 0.2) is 0 Å². The molecule has 0 aromatic carbocycles. The Bertz CT molecular complexity index is 318. The third-order valence-corrected chi connectivity index (χ3v) is 1.48. The fraction of sp³-hybridized carbons (Fsp3) is 0.571. The lowest BCUT2D eigenvalue weighted by Gasteiger charge is -2.07. The minimum atomic E-state index is -1.08. The van der Waals surface area contributed by atoms with Gasteiger partial charge in [-0.25, -0.2) is 4.79 Å². The van der Waals surface area contributed by atoms with Crippen molar-refractivity contribution in [1.29, 1.82) is 0 Å². The summed E-state index contributed by atoms with van der Waals surface area (Å²) < 4.78 is 1.41. The molecule has 6 nitrogen and oxygen atoms in total. The third kappa shape index (κ3) is 1.95. The van der Waals surface area contributed by atoms with Gasteiger partial charge in [-0.15, -0.1) is 10.2 Å². The lowest BCUT2D eigenvalue weighted by Crippen LogP contribution is -2.15. The van der Waals surface area contributed by atoms with Gasteiger partial charge in [-0.3, -0.25) is 4.57 Å². The van der Waals surface area contributed by atoms with Crippen LogP contribution in [0.1, 0.15) is 24.5 Å². The van der Waals surface area contributed by atoms with Crippen LogP contribution in [0, 0.1) is 0 Å². The number of nitrogens with zero attached hydrogens (tertiary/aromatic N) is 3. The Hall–Kier alpha value is -1.59. The smallest absolute Gasteiger partial charge is 0.374 e. The van der Waals surface area contributed by atoms with Crippen molar-refractivity contribution in [1.82, 2.24) is 14.8 Å². The first-order valence-corrected chi connectivity index (χ1v) is 3.91. The van der Waals surface area contributed by atoms with Crippen molar-refractivity contribution in [2.75, 3.05) is 5.32 Å². The second kappa shape index (κ2) is 3.42. The molecule has 1 aromatic rings. The molecule has 0 aliphatic rings. The summed E-state index contributed by atoms with van der Waals surface area (Å²) in [5.41, 5.74) is 0. The topological polar surface area (TPSA) is 80.0 Å². The highest BCUT2D eigenvalue weighted by atomic mass is 16.4. The largest absolute Gasteiger partial charge is 0.475 e. The summed E-state index contributed by atoms with van der Waals surface area (Å²) in [6.07, 6.45) is 0. The molecule has 0 spiro atoms. The lowest BCUT2D eigenvalue weighted by molar-refractivity contribution is 0.0679. The van der Waals surface area contributed by atoms with E-state index < -0.39 is 5.97 Å². The first kappa shape index (κ1) is 9.50. The van der Waals surface area contributed by atoms with E-state index in [-0.39, 0.29) is 11.9 Å². The maximum atomic E-state index is 10.6. The van der Waals surface area contributed by atoms with Crippen molar-refractivity contribution in [3.05, 3.63) is 5.82 Å². The zero-order chi connectivity index (χ0) is 10.0. The molecule has 0 aliphatic heterocycles. The molecule has 0 atom stereocenters. The second-order valence-electron chi connectivity index (χ2n) is 3.01. The summed E-state index contributed by atoms with van der Waals surface area (Å²) in [7, 11) is 1.61. The standard InChI is InChI=1S/C7H12N4O2/c1-4(2)8-7-10-9-5(6(12)13)11(7)3/h4H,1-3H3,(H,8,10)(H,12,13). The molecule has 0 saturated carbocycles. The Morgan fingerprint density at radius 2 is 2.15 bits per heavy atom. The maximum absolute atomic E-state index is 10.6. The number of aromatic nitrogens is 3. The number of hydrogen-bond acceptors (Lipinski definition) is 4. The number of rotatable bonds is 3. The number of hydrogen-bond donors (Lipinski definition) is 2. The van der Waals surface area contributed by atoms with Crippen LogP contribution in [0.25, 0.3) is 0 Å². The summed E-state index contributed by atoms with van der Waals surface area (Å²) in [6.45, 7) is 3.88. The molecule has 72 valence electrons. The molecule has 2 N–H and O–H groups in total. The zero-order valence-corrected chi connectivity index (χ0v) is 7.77. The average Bonchev–Trinajstić information content (AvgIpc) is 2.32. The first-order valence-electron chi connectivity index (χ1n) is 3.91. The highest BCUT2D eigenvalue weighted by Gasteiger charge is 2.14. The van der Waals surface area contributed by atoms with E-state index in [2.05, 4.69) is 15.5 Å². The van der Waals surface area contributed by atoms with Crippen LogP contribution in [-0.4, -0.2) is 31.9 Å². The molecule has 0 amide bonds. The van der Waals surface area contributed by atoms with Gasteiger partial charge in [0.05, 0.1) is 0 Å². The van der Waals surface area contributed by atoms with Crippen LogP contribution in [-0.2, 0) is 7.05 Å². The molecule has 0 saturated heterocycles. The third-order valence-electron chi connectivity index (χ3n) is 1.48. The number of carboxylic acids is 1. The number of nitrogens with one attached hydrogen (secondary N) is 1. The number of anilines is 1. The van der Waals surface area contributed by atoms with Gasteiger partial charge >= 0.3 is 5.97 Å². The fourth-order valence-electron chi connectivity index (χ4n) is 0.899. The molecule has 1 heterocycles. The van der Waals surface area contributed by atoms with Crippen molar-refractivity contribution < 1.29 is 9.90 Å². The van der Waals surface area contributed by atoms with E-state index in [4.69, 9.17) is 5.11 Å². The molecular weight excluding hydrogens is 172 g/mol. The number of carbonyl (C=O) groups is 1. The van der Waals surface area contributed by atoms with Crippen LogP contribution < -0.4 is 5.32 Å². The van der Waals surface area contributed by atoms with E-state index in [1.807, 2.05) is 13.8 Å². The summed E-state index contributed by atoms with van der Waals surface area (Å²) in [6, 6.07) is 0.199. The van der Waals surface area contributed by atoms with E-state index in [0.717, 1.165) is 0 Å². The molecule has 13 heavy (non-hydrogen) atoms. The molecule has 0 bridgehead atoms. The quantitative estimate of drug-likeness (QED) is 0.707. The van der Waals surface area contributed by atoms with Gasteiger partial charge in [0.25, 0.3) is 0 Å². The van der Waals surface area contributed by atoms with Gasteiger partial charge in [-0.05, 0) is 13.8 Å². The van der Waals surface area contributed by atoms with Gasteiger partial charge < -0.3 is 10.4 Å². The lowest BCUT2D eigenvalue weighted by atomic mass is 10.4. The van der Waals surface area contributed by atoms with Crippen LogP contribution in [0.3, 0.4) is 0 Å². The summed E-state index contributed by atoms with van der Waals surface area (Å²) in [5.74, 6) is -0.678. The van der Waals surface area contributed by atoms with Crippen LogP contribution >= 0.6 is 0 Å². The van der Waals surface area contributed by atoms with E-state index >= 15 is 0 Å². The van der Waals surface area contributed by atoms with Crippen molar-refractivity contribution in [2.24, 2.45) is 7.05 Å². The predicted octanol–water partition coefficient (Wildman–Crippen LogP) is 0.334. The molecule has 6 heteroatoms. The van der Waals surface area contributed by atoms with E-state index in [1.54, 1.807) is 7.05 Å². The maximum Gasteiger partial charge on any atom is 0.374 e. The fourth-order valence-corrected chi connectivity index (χ4v) is 0.899. The minimum absolute atomic E-state index is 0.0665.